The van der Waals surface area contributed by atoms with Crippen molar-refractivity contribution in [2.24, 2.45) is 0 Å². The molecule has 0 radical (unpaired) electrons. The van der Waals surface area contributed by atoms with Crippen molar-refractivity contribution in [3.05, 3.63) is 78.6 Å². The first-order chi connectivity index (χ1) is 14.2. The normalized spacial score (nSPS) is 15.3. The van der Waals surface area contributed by atoms with Crippen LogP contribution in [0.3, 0.4) is 0 Å². The smallest absolute Gasteiger partial charge is 0.269 e. The molecule has 0 fully saturated rings. The Morgan fingerprint density at radius 1 is 1.07 bits per heavy atom. The molecule has 2 aromatic heterocycles. The fraction of sp³-hybridized carbons (Fsp3) is 0.130. The molecule has 0 spiro atoms. The summed E-state index contributed by atoms with van der Waals surface area (Å²) in [6.07, 6.45) is 3.30. The first-order valence-electron chi connectivity index (χ1n) is 9.41. The Balaban J connectivity index is 1.30. The van der Waals surface area contributed by atoms with E-state index < -0.39 is 6.10 Å². The number of hydrogen-bond donors (Lipinski definition) is 1. The Morgan fingerprint density at radius 2 is 1.86 bits per heavy atom. The van der Waals surface area contributed by atoms with Crippen molar-refractivity contribution in [1.82, 2.24) is 9.38 Å². The molecule has 0 saturated carbocycles. The van der Waals surface area contributed by atoms with E-state index in [2.05, 4.69) is 5.32 Å². The van der Waals surface area contributed by atoms with Gasteiger partial charge in [0.05, 0.1) is 5.69 Å². The first kappa shape index (κ1) is 17.3. The number of aryl methyl sites for hydroxylation is 1. The first-order valence-corrected chi connectivity index (χ1v) is 9.41. The van der Waals surface area contributed by atoms with Crippen molar-refractivity contribution in [2.45, 2.75) is 13.0 Å². The Labute approximate surface area is 167 Å². The third-order valence-corrected chi connectivity index (χ3v) is 4.93. The molecule has 1 aliphatic heterocycles. The highest BCUT2D eigenvalue weighted by Gasteiger charge is 2.27. The number of pyridine rings is 1. The summed E-state index contributed by atoms with van der Waals surface area (Å²) in [7, 11) is 0. The monoisotopic (exact) mass is 385 g/mol. The van der Waals surface area contributed by atoms with Crippen LogP contribution in [0.4, 0.5) is 5.69 Å². The van der Waals surface area contributed by atoms with Crippen molar-refractivity contribution in [2.75, 3.05) is 11.9 Å². The Morgan fingerprint density at radius 3 is 2.66 bits per heavy atom. The second-order valence-corrected chi connectivity index (χ2v) is 6.98. The van der Waals surface area contributed by atoms with Gasteiger partial charge in [-0.2, -0.15) is 0 Å². The maximum atomic E-state index is 12.6. The largest absolute Gasteiger partial charge is 0.485 e. The van der Waals surface area contributed by atoms with E-state index in [0.717, 1.165) is 22.5 Å². The maximum Gasteiger partial charge on any atom is 0.269 e. The molecule has 4 aromatic rings. The molecule has 0 unspecified atom stereocenters. The molecule has 6 heteroatoms. The van der Waals surface area contributed by atoms with E-state index in [9.17, 15) is 4.79 Å². The van der Waals surface area contributed by atoms with E-state index in [-0.39, 0.29) is 12.5 Å². The van der Waals surface area contributed by atoms with Gasteiger partial charge in [0, 0.05) is 23.6 Å². The van der Waals surface area contributed by atoms with Gasteiger partial charge in [-0.15, -0.1) is 0 Å². The molecular formula is C23H19N3O3. The van der Waals surface area contributed by atoms with Gasteiger partial charge in [0.1, 0.15) is 12.3 Å². The summed E-state index contributed by atoms with van der Waals surface area (Å²) in [5, 5.41) is 2.89. The second-order valence-electron chi connectivity index (χ2n) is 6.98. The van der Waals surface area contributed by atoms with Crippen LogP contribution in [0.15, 0.2) is 73.1 Å². The number of anilines is 1. The molecule has 1 aliphatic rings. The number of amides is 1. The SMILES string of the molecule is Cc1cccn2cc(-c3ccc(NC(=O)[C@@H]4COc5ccccc5O4)cc3)nc12. The third kappa shape index (κ3) is 3.29. The average molecular weight is 385 g/mol. The zero-order chi connectivity index (χ0) is 19.8. The van der Waals surface area contributed by atoms with Gasteiger partial charge >= 0.3 is 0 Å². The number of carbonyl (C=O) groups is 1. The minimum Gasteiger partial charge on any atom is -0.485 e. The Hall–Kier alpha value is -3.80. The number of hydrogen-bond acceptors (Lipinski definition) is 4. The van der Waals surface area contributed by atoms with Crippen molar-refractivity contribution in [1.29, 1.82) is 0 Å². The van der Waals surface area contributed by atoms with Crippen LogP contribution in [0.1, 0.15) is 5.56 Å². The highest BCUT2D eigenvalue weighted by atomic mass is 16.6. The standard InChI is InChI=1S/C23H19N3O3/c1-15-5-4-12-26-13-18(25-22(15)26)16-8-10-17(11-9-16)24-23(27)21-14-28-19-6-2-3-7-20(19)29-21/h2-13,21H,14H2,1H3,(H,24,27)/t21-/m0/s1. The van der Waals surface area contributed by atoms with Gasteiger partial charge in [-0.25, -0.2) is 4.98 Å². The topological polar surface area (TPSA) is 64.9 Å². The zero-order valence-corrected chi connectivity index (χ0v) is 15.8. The van der Waals surface area contributed by atoms with E-state index >= 15 is 0 Å². The molecule has 3 heterocycles. The molecule has 5 rings (SSSR count). The summed E-state index contributed by atoms with van der Waals surface area (Å²) >= 11 is 0. The van der Waals surface area contributed by atoms with Crippen LogP contribution in [-0.4, -0.2) is 28.0 Å². The van der Waals surface area contributed by atoms with E-state index in [1.54, 1.807) is 6.07 Å². The summed E-state index contributed by atoms with van der Waals surface area (Å²) in [4.78, 5) is 17.3. The van der Waals surface area contributed by atoms with Crippen LogP contribution in [0.5, 0.6) is 11.5 Å². The second kappa shape index (κ2) is 6.98. The van der Waals surface area contributed by atoms with Gasteiger partial charge < -0.3 is 19.2 Å². The fourth-order valence-electron chi connectivity index (χ4n) is 3.39. The highest BCUT2D eigenvalue weighted by Crippen LogP contribution is 2.31. The molecule has 2 aromatic carbocycles. The van der Waals surface area contributed by atoms with Crippen LogP contribution in [-0.2, 0) is 4.79 Å². The fourth-order valence-corrected chi connectivity index (χ4v) is 3.39. The number of fused-ring (bicyclic) bond motifs is 2. The molecule has 0 aliphatic carbocycles. The molecular weight excluding hydrogens is 366 g/mol. The van der Waals surface area contributed by atoms with Crippen LogP contribution < -0.4 is 14.8 Å². The summed E-state index contributed by atoms with van der Waals surface area (Å²) in [6, 6.07) is 19.0. The van der Waals surface area contributed by atoms with Crippen molar-refractivity contribution in [3.63, 3.8) is 0 Å². The number of nitrogens with one attached hydrogen (secondary N) is 1. The summed E-state index contributed by atoms with van der Waals surface area (Å²) in [6.45, 7) is 2.22. The predicted octanol–water partition coefficient (Wildman–Crippen LogP) is 4.09. The van der Waals surface area contributed by atoms with Crippen LogP contribution in [0.2, 0.25) is 0 Å². The number of benzene rings is 2. The lowest BCUT2D eigenvalue weighted by molar-refractivity contribution is -0.125. The molecule has 29 heavy (non-hydrogen) atoms. The lowest BCUT2D eigenvalue weighted by Crippen LogP contribution is -2.40. The van der Waals surface area contributed by atoms with E-state index in [1.807, 2.05) is 78.3 Å². The summed E-state index contributed by atoms with van der Waals surface area (Å²) in [5.41, 5.74) is 4.63. The maximum absolute atomic E-state index is 12.6. The number of para-hydroxylation sites is 2. The van der Waals surface area contributed by atoms with Gasteiger partial charge in [-0.05, 0) is 42.8 Å². The molecule has 1 N–H and O–H groups in total. The molecule has 0 saturated heterocycles. The molecule has 6 nitrogen and oxygen atoms in total. The number of nitrogens with zero attached hydrogens (tertiary/aromatic N) is 2. The minimum absolute atomic E-state index is 0.182. The summed E-state index contributed by atoms with van der Waals surface area (Å²) in [5.74, 6) is 0.996. The highest BCUT2D eigenvalue weighted by molar-refractivity contribution is 5.95. The Bertz CT molecular complexity index is 1200. The number of rotatable bonds is 3. The van der Waals surface area contributed by atoms with E-state index in [4.69, 9.17) is 14.5 Å². The lowest BCUT2D eigenvalue weighted by Gasteiger charge is -2.25. The van der Waals surface area contributed by atoms with Gasteiger partial charge in [0.2, 0.25) is 6.10 Å². The molecule has 1 amide bonds. The third-order valence-electron chi connectivity index (χ3n) is 4.93. The summed E-state index contributed by atoms with van der Waals surface area (Å²) < 4.78 is 13.4. The van der Waals surface area contributed by atoms with Gasteiger partial charge in [-0.1, -0.05) is 30.3 Å². The van der Waals surface area contributed by atoms with Gasteiger partial charge in [-0.3, -0.25) is 4.79 Å². The van der Waals surface area contributed by atoms with Crippen molar-refractivity contribution >= 4 is 17.2 Å². The molecule has 144 valence electrons. The van der Waals surface area contributed by atoms with Crippen LogP contribution in [0.25, 0.3) is 16.9 Å². The van der Waals surface area contributed by atoms with Gasteiger partial charge in [0.15, 0.2) is 11.5 Å². The average Bonchev–Trinajstić information content (AvgIpc) is 3.20. The lowest BCUT2D eigenvalue weighted by atomic mass is 10.1. The number of carbonyl (C=O) groups excluding carboxylic acids is 1. The number of aromatic nitrogens is 2. The van der Waals surface area contributed by atoms with Gasteiger partial charge in [0.25, 0.3) is 5.91 Å². The molecule has 1 atom stereocenters. The number of ether oxygens (including phenoxy) is 2. The van der Waals surface area contributed by atoms with Crippen LogP contribution in [0, 0.1) is 6.92 Å². The zero-order valence-electron chi connectivity index (χ0n) is 15.8. The van der Waals surface area contributed by atoms with Crippen molar-refractivity contribution < 1.29 is 14.3 Å². The molecule has 0 bridgehead atoms. The number of imidazole rings is 1. The van der Waals surface area contributed by atoms with Crippen LogP contribution >= 0.6 is 0 Å². The quantitative estimate of drug-likeness (QED) is 0.577. The van der Waals surface area contributed by atoms with Crippen molar-refractivity contribution in [3.8, 4) is 22.8 Å². The predicted molar refractivity (Wildman–Crippen MR) is 110 cm³/mol. The Kier molecular flexibility index (Phi) is 4.17. The minimum atomic E-state index is -0.689. The van der Waals surface area contributed by atoms with E-state index in [0.29, 0.717) is 17.2 Å². The van der Waals surface area contributed by atoms with E-state index in [1.165, 1.54) is 0 Å².